The summed E-state index contributed by atoms with van der Waals surface area (Å²) < 4.78 is 2.30. The Kier molecular flexibility index (Phi) is 3.60. The molecule has 0 unspecified atom stereocenters. The lowest BCUT2D eigenvalue weighted by atomic mass is 10.3. The Labute approximate surface area is 151 Å². The first-order valence-electron chi connectivity index (χ1n) is 5.83. The molecular weight excluding hydrogens is 514 g/mol. The van der Waals surface area contributed by atoms with Crippen molar-refractivity contribution in [2.75, 3.05) is 0 Å². The van der Waals surface area contributed by atoms with Crippen molar-refractivity contribution in [2.45, 2.75) is 19.8 Å². The summed E-state index contributed by atoms with van der Waals surface area (Å²) in [5, 5.41) is 2.03. The van der Waals surface area contributed by atoms with E-state index in [2.05, 4.69) is 81.6 Å². The van der Waals surface area contributed by atoms with Gasteiger partial charge in [-0.05, 0) is 69.4 Å². The van der Waals surface area contributed by atoms with Crippen molar-refractivity contribution in [3.05, 3.63) is 43.5 Å². The SMILES string of the molecule is Ic1ccc(I)c2nc3c(nc12)Sc1ccccc1S3. The third-order valence-electron chi connectivity index (χ3n) is 2.92. The highest BCUT2D eigenvalue weighted by atomic mass is 127. The van der Waals surface area contributed by atoms with E-state index in [-0.39, 0.29) is 0 Å². The molecule has 20 heavy (non-hydrogen) atoms. The van der Waals surface area contributed by atoms with Crippen LogP contribution in [0.3, 0.4) is 0 Å². The van der Waals surface area contributed by atoms with Crippen molar-refractivity contribution in [3.8, 4) is 0 Å². The van der Waals surface area contributed by atoms with Gasteiger partial charge >= 0.3 is 0 Å². The van der Waals surface area contributed by atoms with Gasteiger partial charge in [-0.3, -0.25) is 0 Å². The summed E-state index contributed by atoms with van der Waals surface area (Å²) >= 11 is 8.08. The molecule has 0 spiro atoms. The fraction of sp³-hybridized carbons (Fsp3) is 0. The Hall–Kier alpha value is -0.0600. The van der Waals surface area contributed by atoms with Crippen molar-refractivity contribution in [2.24, 2.45) is 0 Å². The fourth-order valence-electron chi connectivity index (χ4n) is 2.00. The number of hydrogen-bond acceptors (Lipinski definition) is 4. The van der Waals surface area contributed by atoms with Crippen LogP contribution < -0.4 is 0 Å². The highest BCUT2D eigenvalue weighted by Crippen LogP contribution is 2.47. The maximum absolute atomic E-state index is 4.84. The molecule has 3 aromatic rings. The summed E-state index contributed by atoms with van der Waals surface area (Å²) in [4.78, 5) is 12.2. The molecule has 98 valence electrons. The van der Waals surface area contributed by atoms with Gasteiger partial charge in [0.1, 0.15) is 21.1 Å². The van der Waals surface area contributed by atoms with E-state index in [1.165, 1.54) is 9.79 Å². The molecule has 0 saturated heterocycles. The third-order valence-corrected chi connectivity index (χ3v) is 7.03. The van der Waals surface area contributed by atoms with Crippen LogP contribution in [0, 0.1) is 7.14 Å². The average Bonchev–Trinajstić information content (AvgIpc) is 2.47. The number of fused-ring (bicyclic) bond motifs is 3. The van der Waals surface area contributed by atoms with Gasteiger partial charge in [-0.2, -0.15) is 0 Å². The highest BCUT2D eigenvalue weighted by molar-refractivity contribution is 14.1. The molecule has 1 aliphatic rings. The summed E-state index contributed by atoms with van der Waals surface area (Å²) in [6, 6.07) is 12.6. The Bertz CT molecular complexity index is 782. The number of halogens is 2. The lowest BCUT2D eigenvalue weighted by molar-refractivity contribution is 0.950. The van der Waals surface area contributed by atoms with E-state index in [9.17, 15) is 0 Å². The number of rotatable bonds is 0. The Morgan fingerprint density at radius 3 is 1.60 bits per heavy atom. The van der Waals surface area contributed by atoms with Crippen molar-refractivity contribution in [1.82, 2.24) is 9.97 Å². The predicted octanol–water partition coefficient (Wildman–Crippen LogP) is 5.45. The van der Waals surface area contributed by atoms with Gasteiger partial charge in [0, 0.05) is 16.9 Å². The number of nitrogens with zero attached hydrogens (tertiary/aromatic N) is 2. The minimum absolute atomic E-state index is 1.00. The van der Waals surface area contributed by atoms with Crippen LogP contribution in [0.15, 0.2) is 56.2 Å². The lowest BCUT2D eigenvalue weighted by Gasteiger charge is -2.17. The van der Waals surface area contributed by atoms with Gasteiger partial charge in [0.15, 0.2) is 0 Å². The van der Waals surface area contributed by atoms with E-state index < -0.39 is 0 Å². The van der Waals surface area contributed by atoms with Gasteiger partial charge in [0.05, 0.1) is 0 Å². The van der Waals surface area contributed by atoms with Gasteiger partial charge in [0.25, 0.3) is 0 Å². The third kappa shape index (κ3) is 2.24. The van der Waals surface area contributed by atoms with Crippen LogP contribution in [0.4, 0.5) is 0 Å². The largest absolute Gasteiger partial charge is 0.235 e. The molecule has 0 fully saturated rings. The van der Waals surface area contributed by atoms with Gasteiger partial charge in [-0.1, -0.05) is 35.7 Å². The quantitative estimate of drug-likeness (QED) is 0.288. The molecule has 0 aliphatic carbocycles. The monoisotopic (exact) mass is 520 g/mol. The number of aromatic nitrogens is 2. The molecule has 1 aromatic heterocycles. The minimum atomic E-state index is 1.00. The normalized spacial score (nSPS) is 13.1. The Balaban J connectivity index is 1.97. The topological polar surface area (TPSA) is 25.8 Å². The van der Waals surface area contributed by atoms with Crippen molar-refractivity contribution >= 4 is 79.7 Å². The van der Waals surface area contributed by atoms with Crippen LogP contribution in [-0.2, 0) is 0 Å². The van der Waals surface area contributed by atoms with Crippen molar-refractivity contribution in [1.29, 1.82) is 0 Å². The molecule has 6 heteroatoms. The number of hydrogen-bond donors (Lipinski definition) is 0. The zero-order chi connectivity index (χ0) is 13.7. The van der Waals surface area contributed by atoms with E-state index in [0.717, 1.165) is 28.2 Å². The summed E-state index contributed by atoms with van der Waals surface area (Å²) in [5.74, 6) is 0. The summed E-state index contributed by atoms with van der Waals surface area (Å²) in [7, 11) is 0. The Morgan fingerprint density at radius 2 is 1.15 bits per heavy atom. The molecule has 0 radical (unpaired) electrons. The van der Waals surface area contributed by atoms with Gasteiger partial charge < -0.3 is 0 Å². The van der Waals surface area contributed by atoms with Crippen LogP contribution in [0.25, 0.3) is 11.0 Å². The molecule has 0 bridgehead atoms. The molecule has 0 amide bonds. The molecule has 0 saturated carbocycles. The van der Waals surface area contributed by atoms with Gasteiger partial charge in [0.2, 0.25) is 0 Å². The smallest absolute Gasteiger partial charge is 0.134 e. The molecular formula is C14H6I2N2S2. The first-order chi connectivity index (χ1) is 9.72. The second-order valence-corrected chi connectivity index (χ2v) is 8.60. The van der Waals surface area contributed by atoms with Crippen LogP contribution in [0.1, 0.15) is 0 Å². The summed E-state index contributed by atoms with van der Waals surface area (Å²) in [5.41, 5.74) is 2.01. The zero-order valence-corrected chi connectivity index (χ0v) is 15.9. The average molecular weight is 520 g/mol. The van der Waals surface area contributed by atoms with Crippen molar-refractivity contribution in [3.63, 3.8) is 0 Å². The number of benzene rings is 2. The maximum Gasteiger partial charge on any atom is 0.134 e. The van der Waals surface area contributed by atoms with Crippen LogP contribution >= 0.6 is 68.7 Å². The maximum atomic E-state index is 4.84. The van der Waals surface area contributed by atoms with E-state index >= 15 is 0 Å². The van der Waals surface area contributed by atoms with E-state index in [4.69, 9.17) is 9.97 Å². The first-order valence-corrected chi connectivity index (χ1v) is 9.62. The van der Waals surface area contributed by atoms with E-state index in [1.807, 2.05) is 0 Å². The standard InChI is InChI=1S/C14H6I2N2S2/c15-7-5-6-8(16)12-11(7)17-13-14(18-12)20-10-4-2-1-3-9(10)19-13/h1-6H. The summed E-state index contributed by atoms with van der Waals surface area (Å²) in [6.07, 6.45) is 0. The zero-order valence-electron chi connectivity index (χ0n) is 9.93. The second kappa shape index (κ2) is 5.29. The minimum Gasteiger partial charge on any atom is -0.235 e. The molecule has 4 rings (SSSR count). The van der Waals surface area contributed by atoms with Gasteiger partial charge in [-0.15, -0.1) is 0 Å². The van der Waals surface area contributed by atoms with Crippen LogP contribution in [0.5, 0.6) is 0 Å². The van der Waals surface area contributed by atoms with Crippen LogP contribution in [0.2, 0.25) is 0 Å². The summed E-state index contributed by atoms with van der Waals surface area (Å²) in [6.45, 7) is 0. The molecule has 2 aromatic carbocycles. The second-order valence-electron chi connectivity index (χ2n) is 4.21. The van der Waals surface area contributed by atoms with E-state index in [1.54, 1.807) is 23.5 Å². The molecule has 2 nitrogen and oxygen atoms in total. The van der Waals surface area contributed by atoms with Crippen molar-refractivity contribution < 1.29 is 0 Å². The highest BCUT2D eigenvalue weighted by Gasteiger charge is 2.21. The van der Waals surface area contributed by atoms with Crippen LogP contribution in [-0.4, -0.2) is 9.97 Å². The molecule has 0 N–H and O–H groups in total. The lowest BCUT2D eigenvalue weighted by Crippen LogP contribution is -1.99. The molecule has 0 atom stereocenters. The molecule has 2 heterocycles. The fourth-order valence-corrected chi connectivity index (χ4v) is 5.20. The van der Waals surface area contributed by atoms with Gasteiger partial charge in [-0.25, -0.2) is 9.97 Å². The van der Waals surface area contributed by atoms with E-state index in [0.29, 0.717) is 0 Å². The predicted molar refractivity (Wildman–Crippen MR) is 99.7 cm³/mol. The first kappa shape index (κ1) is 13.6. The molecule has 1 aliphatic heterocycles. The Morgan fingerprint density at radius 1 is 0.700 bits per heavy atom.